The zero-order valence-electron chi connectivity index (χ0n) is 10.5. The summed E-state index contributed by atoms with van der Waals surface area (Å²) in [6.07, 6.45) is 2.80. The number of hydrogen-bond donors (Lipinski definition) is 1. The Bertz CT molecular complexity index is 410. The molecule has 0 bridgehead atoms. The van der Waals surface area contributed by atoms with E-state index in [0.717, 1.165) is 25.8 Å². The summed E-state index contributed by atoms with van der Waals surface area (Å²) in [5.74, 6) is -0.135. The lowest BCUT2D eigenvalue weighted by molar-refractivity contribution is -0.144. The molecular formula is C14H19NO2. The minimum atomic E-state index is -0.406. The zero-order chi connectivity index (χ0) is 12.3. The van der Waals surface area contributed by atoms with Gasteiger partial charge in [0.15, 0.2) is 0 Å². The molecule has 0 radical (unpaired) electrons. The van der Waals surface area contributed by atoms with Gasteiger partial charge in [-0.3, -0.25) is 10.1 Å². The monoisotopic (exact) mass is 233 g/mol. The van der Waals surface area contributed by atoms with Gasteiger partial charge in [-0.25, -0.2) is 0 Å². The fourth-order valence-electron chi connectivity index (χ4n) is 2.00. The summed E-state index contributed by atoms with van der Waals surface area (Å²) in [6.45, 7) is 2.87. The SMILES string of the molecule is CCc1cccc(CNC2(C(=O)OC)CC2)c1. The van der Waals surface area contributed by atoms with Gasteiger partial charge in [-0.1, -0.05) is 31.2 Å². The van der Waals surface area contributed by atoms with Crippen LogP contribution in [0.25, 0.3) is 0 Å². The summed E-state index contributed by atoms with van der Waals surface area (Å²) >= 11 is 0. The summed E-state index contributed by atoms with van der Waals surface area (Å²) in [7, 11) is 1.45. The molecule has 1 aliphatic rings. The molecule has 1 saturated carbocycles. The first-order valence-electron chi connectivity index (χ1n) is 6.11. The molecule has 0 spiro atoms. The molecule has 2 rings (SSSR count). The average molecular weight is 233 g/mol. The third kappa shape index (κ3) is 2.67. The Balaban J connectivity index is 1.96. The van der Waals surface area contributed by atoms with Crippen LogP contribution in [0, 0.1) is 0 Å². The maximum Gasteiger partial charge on any atom is 0.326 e. The predicted molar refractivity (Wildman–Crippen MR) is 66.6 cm³/mol. The van der Waals surface area contributed by atoms with Gasteiger partial charge in [0.1, 0.15) is 5.54 Å². The second-order valence-electron chi connectivity index (χ2n) is 4.60. The molecule has 0 unspecified atom stereocenters. The lowest BCUT2D eigenvalue weighted by Crippen LogP contribution is -2.39. The van der Waals surface area contributed by atoms with E-state index in [-0.39, 0.29) is 5.97 Å². The predicted octanol–water partition coefficient (Wildman–Crippen LogP) is 2.04. The molecule has 1 aromatic carbocycles. The number of esters is 1. The number of aryl methyl sites for hydroxylation is 1. The number of nitrogens with one attached hydrogen (secondary N) is 1. The van der Waals surface area contributed by atoms with Gasteiger partial charge in [-0.15, -0.1) is 0 Å². The van der Waals surface area contributed by atoms with Crippen LogP contribution in [-0.2, 0) is 22.5 Å². The van der Waals surface area contributed by atoms with Crippen molar-refractivity contribution >= 4 is 5.97 Å². The van der Waals surface area contributed by atoms with Crippen LogP contribution in [0.1, 0.15) is 30.9 Å². The van der Waals surface area contributed by atoms with E-state index in [1.54, 1.807) is 0 Å². The fraction of sp³-hybridized carbons (Fsp3) is 0.500. The Morgan fingerprint density at radius 2 is 2.12 bits per heavy atom. The van der Waals surface area contributed by atoms with E-state index >= 15 is 0 Å². The molecule has 0 amide bonds. The highest BCUT2D eigenvalue weighted by molar-refractivity contribution is 5.84. The number of benzene rings is 1. The van der Waals surface area contributed by atoms with Crippen LogP contribution in [0.2, 0.25) is 0 Å². The number of hydrogen-bond acceptors (Lipinski definition) is 3. The van der Waals surface area contributed by atoms with Gasteiger partial charge >= 0.3 is 5.97 Å². The van der Waals surface area contributed by atoms with Crippen molar-refractivity contribution in [2.24, 2.45) is 0 Å². The molecule has 1 fully saturated rings. The van der Waals surface area contributed by atoms with Gasteiger partial charge in [0.05, 0.1) is 7.11 Å². The first-order valence-corrected chi connectivity index (χ1v) is 6.11. The van der Waals surface area contributed by atoms with E-state index in [1.807, 2.05) is 0 Å². The second kappa shape index (κ2) is 4.88. The van der Waals surface area contributed by atoms with Crippen molar-refractivity contribution in [1.29, 1.82) is 0 Å². The summed E-state index contributed by atoms with van der Waals surface area (Å²) in [5, 5.41) is 3.31. The standard InChI is InChI=1S/C14H19NO2/c1-3-11-5-4-6-12(9-11)10-15-14(7-8-14)13(16)17-2/h4-6,9,15H,3,7-8,10H2,1-2H3. The topological polar surface area (TPSA) is 38.3 Å². The molecule has 0 heterocycles. The third-order valence-electron chi connectivity index (χ3n) is 3.36. The normalized spacial score (nSPS) is 16.6. The number of ether oxygens (including phenoxy) is 1. The Labute approximate surface area is 102 Å². The number of carbonyl (C=O) groups is 1. The van der Waals surface area contributed by atoms with Crippen molar-refractivity contribution in [2.75, 3.05) is 7.11 Å². The molecule has 1 aliphatic carbocycles. The van der Waals surface area contributed by atoms with Crippen molar-refractivity contribution in [1.82, 2.24) is 5.32 Å². The smallest absolute Gasteiger partial charge is 0.326 e. The molecule has 0 aromatic heterocycles. The lowest BCUT2D eigenvalue weighted by Gasteiger charge is -2.15. The van der Waals surface area contributed by atoms with Gasteiger partial charge < -0.3 is 4.74 Å². The molecule has 3 heteroatoms. The van der Waals surface area contributed by atoms with E-state index in [9.17, 15) is 4.79 Å². The van der Waals surface area contributed by atoms with Gasteiger partial charge in [0.2, 0.25) is 0 Å². The molecular weight excluding hydrogens is 214 g/mol. The van der Waals surface area contributed by atoms with Crippen molar-refractivity contribution in [3.05, 3.63) is 35.4 Å². The first kappa shape index (κ1) is 12.1. The van der Waals surface area contributed by atoms with Crippen molar-refractivity contribution in [2.45, 2.75) is 38.3 Å². The van der Waals surface area contributed by atoms with E-state index in [1.165, 1.54) is 18.2 Å². The van der Waals surface area contributed by atoms with E-state index in [4.69, 9.17) is 4.74 Å². The van der Waals surface area contributed by atoms with E-state index in [2.05, 4.69) is 36.5 Å². The van der Waals surface area contributed by atoms with Crippen LogP contribution in [0.4, 0.5) is 0 Å². The van der Waals surface area contributed by atoms with Crippen LogP contribution in [0.15, 0.2) is 24.3 Å². The Morgan fingerprint density at radius 1 is 1.41 bits per heavy atom. The van der Waals surface area contributed by atoms with E-state index < -0.39 is 5.54 Å². The maximum absolute atomic E-state index is 11.6. The molecule has 1 aromatic rings. The van der Waals surface area contributed by atoms with Gasteiger partial charge in [0.25, 0.3) is 0 Å². The maximum atomic E-state index is 11.6. The van der Waals surface area contributed by atoms with Crippen molar-refractivity contribution in [3.63, 3.8) is 0 Å². The summed E-state index contributed by atoms with van der Waals surface area (Å²) in [4.78, 5) is 11.6. The lowest BCUT2D eigenvalue weighted by atomic mass is 10.1. The summed E-state index contributed by atoms with van der Waals surface area (Å²) < 4.78 is 4.81. The van der Waals surface area contributed by atoms with Crippen molar-refractivity contribution < 1.29 is 9.53 Å². The molecule has 92 valence electrons. The molecule has 17 heavy (non-hydrogen) atoms. The second-order valence-corrected chi connectivity index (χ2v) is 4.60. The molecule has 0 atom stereocenters. The Hall–Kier alpha value is -1.35. The van der Waals surface area contributed by atoms with Crippen molar-refractivity contribution in [3.8, 4) is 0 Å². The number of methoxy groups -OCH3 is 1. The van der Waals surface area contributed by atoms with Gasteiger partial charge in [0, 0.05) is 6.54 Å². The quantitative estimate of drug-likeness (QED) is 0.791. The third-order valence-corrected chi connectivity index (χ3v) is 3.36. The Morgan fingerprint density at radius 3 is 2.71 bits per heavy atom. The van der Waals surface area contributed by atoms with Crippen LogP contribution >= 0.6 is 0 Å². The summed E-state index contributed by atoms with van der Waals surface area (Å²) in [5.41, 5.74) is 2.14. The zero-order valence-corrected chi connectivity index (χ0v) is 10.5. The molecule has 0 aliphatic heterocycles. The van der Waals surface area contributed by atoms with Gasteiger partial charge in [-0.2, -0.15) is 0 Å². The molecule has 3 nitrogen and oxygen atoms in total. The molecule has 1 N–H and O–H groups in total. The number of rotatable bonds is 5. The summed E-state index contributed by atoms with van der Waals surface area (Å²) in [6, 6.07) is 8.45. The van der Waals surface area contributed by atoms with Crippen LogP contribution in [0.3, 0.4) is 0 Å². The minimum Gasteiger partial charge on any atom is -0.468 e. The largest absolute Gasteiger partial charge is 0.468 e. The van der Waals surface area contributed by atoms with E-state index in [0.29, 0.717) is 0 Å². The van der Waals surface area contributed by atoms with Crippen LogP contribution in [0.5, 0.6) is 0 Å². The van der Waals surface area contributed by atoms with Crippen LogP contribution < -0.4 is 5.32 Å². The average Bonchev–Trinajstić information content (AvgIpc) is 3.17. The highest BCUT2D eigenvalue weighted by Gasteiger charge is 2.50. The first-order chi connectivity index (χ1) is 8.20. The highest BCUT2D eigenvalue weighted by Crippen LogP contribution is 2.36. The number of carbonyl (C=O) groups excluding carboxylic acids is 1. The highest BCUT2D eigenvalue weighted by atomic mass is 16.5. The molecule has 0 saturated heterocycles. The fourth-order valence-corrected chi connectivity index (χ4v) is 2.00. The van der Waals surface area contributed by atoms with Gasteiger partial charge in [-0.05, 0) is 30.4 Å². The van der Waals surface area contributed by atoms with Crippen LogP contribution in [-0.4, -0.2) is 18.6 Å². The Kier molecular flexibility index (Phi) is 3.48. The minimum absolute atomic E-state index is 0.135.